The van der Waals surface area contributed by atoms with E-state index < -0.39 is 12.1 Å². The zero-order valence-electron chi connectivity index (χ0n) is 11.1. The molecular formula is C14H18F4N2. The molecule has 0 bridgehead atoms. The predicted molar refractivity (Wildman–Crippen MR) is 69.0 cm³/mol. The fourth-order valence-electron chi connectivity index (χ4n) is 2.38. The molecule has 0 saturated carbocycles. The fraction of sp³-hybridized carbons (Fsp3) is 0.571. The van der Waals surface area contributed by atoms with Gasteiger partial charge in [-0.25, -0.2) is 4.39 Å². The molecule has 1 saturated heterocycles. The van der Waals surface area contributed by atoms with Gasteiger partial charge in [0.15, 0.2) is 0 Å². The summed E-state index contributed by atoms with van der Waals surface area (Å²) in [6, 6.07) is 6.39. The number of rotatable bonds is 3. The van der Waals surface area contributed by atoms with Crippen LogP contribution in [-0.4, -0.2) is 43.8 Å². The van der Waals surface area contributed by atoms with E-state index in [-0.39, 0.29) is 18.9 Å². The van der Waals surface area contributed by atoms with Crippen LogP contribution in [0.1, 0.15) is 5.56 Å². The third-order valence-electron chi connectivity index (χ3n) is 3.59. The van der Waals surface area contributed by atoms with E-state index in [0.29, 0.717) is 31.6 Å². The number of benzene rings is 1. The van der Waals surface area contributed by atoms with E-state index in [0.717, 1.165) is 0 Å². The van der Waals surface area contributed by atoms with Crippen molar-refractivity contribution in [3.63, 3.8) is 0 Å². The number of halogens is 4. The van der Waals surface area contributed by atoms with E-state index >= 15 is 0 Å². The lowest BCUT2D eigenvalue weighted by Gasteiger charge is -2.25. The molecule has 0 spiro atoms. The van der Waals surface area contributed by atoms with Crippen LogP contribution < -0.4 is 5.32 Å². The van der Waals surface area contributed by atoms with Crippen LogP contribution in [0.4, 0.5) is 17.6 Å². The Morgan fingerprint density at radius 3 is 2.70 bits per heavy atom. The first-order valence-electron chi connectivity index (χ1n) is 6.70. The molecule has 0 radical (unpaired) electrons. The summed E-state index contributed by atoms with van der Waals surface area (Å²) in [5.74, 6) is -1.65. The first kappa shape index (κ1) is 15.3. The molecule has 1 aromatic rings. The molecule has 1 aliphatic rings. The standard InChI is InChI=1S/C14H18F4N2/c15-13-4-2-1-3-11(13)5-7-20-8-6-19-9-12(10-20)14(16,17)18/h1-4,12,19H,5-10H2. The van der Waals surface area contributed by atoms with E-state index in [1.807, 2.05) is 0 Å². The van der Waals surface area contributed by atoms with Gasteiger partial charge in [0.25, 0.3) is 0 Å². The lowest BCUT2D eigenvalue weighted by molar-refractivity contribution is -0.175. The summed E-state index contributed by atoms with van der Waals surface area (Å²) in [4.78, 5) is 1.75. The Morgan fingerprint density at radius 2 is 2.00 bits per heavy atom. The molecule has 6 heteroatoms. The Bertz CT molecular complexity index is 433. The molecule has 1 N–H and O–H groups in total. The van der Waals surface area contributed by atoms with Crippen molar-refractivity contribution >= 4 is 0 Å². The van der Waals surface area contributed by atoms with Crippen molar-refractivity contribution in [3.8, 4) is 0 Å². The second-order valence-corrected chi connectivity index (χ2v) is 5.08. The molecule has 1 fully saturated rings. The molecule has 1 aromatic carbocycles. The van der Waals surface area contributed by atoms with E-state index in [4.69, 9.17) is 0 Å². The highest BCUT2D eigenvalue weighted by Crippen LogP contribution is 2.27. The molecule has 112 valence electrons. The van der Waals surface area contributed by atoms with Crippen LogP contribution in [0.25, 0.3) is 0 Å². The molecule has 2 nitrogen and oxygen atoms in total. The summed E-state index contributed by atoms with van der Waals surface area (Å²) in [7, 11) is 0. The lowest BCUT2D eigenvalue weighted by Crippen LogP contribution is -2.38. The molecule has 0 aromatic heterocycles. The normalized spacial score (nSPS) is 21.7. The van der Waals surface area contributed by atoms with E-state index in [2.05, 4.69) is 5.32 Å². The van der Waals surface area contributed by atoms with Crippen molar-refractivity contribution in [3.05, 3.63) is 35.6 Å². The fourth-order valence-corrected chi connectivity index (χ4v) is 2.38. The van der Waals surface area contributed by atoms with Gasteiger partial charge in [0, 0.05) is 32.7 Å². The average molecular weight is 290 g/mol. The van der Waals surface area contributed by atoms with Crippen LogP contribution in [0.5, 0.6) is 0 Å². The number of hydrogen-bond acceptors (Lipinski definition) is 2. The number of alkyl halides is 3. The molecule has 2 rings (SSSR count). The van der Waals surface area contributed by atoms with Crippen molar-refractivity contribution in [2.45, 2.75) is 12.6 Å². The van der Waals surface area contributed by atoms with Crippen molar-refractivity contribution in [1.29, 1.82) is 0 Å². The third-order valence-corrected chi connectivity index (χ3v) is 3.59. The van der Waals surface area contributed by atoms with Gasteiger partial charge in [0.05, 0.1) is 5.92 Å². The number of nitrogens with zero attached hydrogens (tertiary/aromatic N) is 1. The van der Waals surface area contributed by atoms with Gasteiger partial charge < -0.3 is 10.2 Å². The first-order valence-corrected chi connectivity index (χ1v) is 6.70. The largest absolute Gasteiger partial charge is 0.394 e. The van der Waals surface area contributed by atoms with Gasteiger partial charge in [-0.1, -0.05) is 18.2 Å². The highest BCUT2D eigenvalue weighted by atomic mass is 19.4. The van der Waals surface area contributed by atoms with Crippen LogP contribution in [0.15, 0.2) is 24.3 Å². The van der Waals surface area contributed by atoms with Crippen LogP contribution >= 0.6 is 0 Å². The highest BCUT2D eigenvalue weighted by molar-refractivity contribution is 5.17. The lowest BCUT2D eigenvalue weighted by atomic mass is 10.1. The summed E-state index contributed by atoms with van der Waals surface area (Å²) < 4.78 is 51.9. The Balaban J connectivity index is 1.93. The molecule has 1 atom stereocenters. The summed E-state index contributed by atoms with van der Waals surface area (Å²) in [6.07, 6.45) is -3.76. The average Bonchev–Trinajstić information content (AvgIpc) is 2.63. The minimum absolute atomic E-state index is 0.0229. The van der Waals surface area contributed by atoms with E-state index in [9.17, 15) is 17.6 Å². The van der Waals surface area contributed by atoms with E-state index in [1.54, 1.807) is 23.1 Å². The second-order valence-electron chi connectivity index (χ2n) is 5.08. The van der Waals surface area contributed by atoms with Crippen molar-refractivity contribution < 1.29 is 17.6 Å². The molecule has 1 aliphatic heterocycles. The third kappa shape index (κ3) is 4.18. The molecule has 1 unspecified atom stereocenters. The van der Waals surface area contributed by atoms with Gasteiger partial charge >= 0.3 is 6.18 Å². The summed E-state index contributed by atoms with van der Waals surface area (Å²) in [5.41, 5.74) is 0.549. The summed E-state index contributed by atoms with van der Waals surface area (Å²) in [5, 5.41) is 2.81. The Hall–Kier alpha value is -1.14. The van der Waals surface area contributed by atoms with Gasteiger partial charge in [-0.15, -0.1) is 0 Å². The SMILES string of the molecule is Fc1ccccc1CCN1CCNCC(C(F)(F)F)C1. The minimum atomic E-state index is -4.19. The maximum Gasteiger partial charge on any atom is 0.394 e. The molecular weight excluding hydrogens is 272 g/mol. The van der Waals surface area contributed by atoms with Crippen LogP contribution in [0, 0.1) is 11.7 Å². The van der Waals surface area contributed by atoms with Crippen molar-refractivity contribution in [2.75, 3.05) is 32.7 Å². The van der Waals surface area contributed by atoms with E-state index in [1.165, 1.54) is 6.07 Å². The zero-order valence-corrected chi connectivity index (χ0v) is 11.1. The first-order chi connectivity index (χ1) is 9.47. The minimum Gasteiger partial charge on any atom is -0.315 e. The van der Waals surface area contributed by atoms with Gasteiger partial charge in [-0.05, 0) is 18.1 Å². The smallest absolute Gasteiger partial charge is 0.315 e. The van der Waals surface area contributed by atoms with Gasteiger partial charge in [-0.2, -0.15) is 13.2 Å². The van der Waals surface area contributed by atoms with Gasteiger partial charge in [0.1, 0.15) is 5.82 Å². The molecule has 20 heavy (non-hydrogen) atoms. The predicted octanol–water partition coefficient (Wildman–Crippen LogP) is 2.45. The quantitative estimate of drug-likeness (QED) is 0.860. The van der Waals surface area contributed by atoms with Crippen LogP contribution in [-0.2, 0) is 6.42 Å². The summed E-state index contributed by atoms with van der Waals surface area (Å²) in [6.45, 7) is 1.46. The molecule has 1 heterocycles. The second kappa shape index (κ2) is 6.54. The Kier molecular flexibility index (Phi) is 4.99. The monoisotopic (exact) mass is 290 g/mol. The van der Waals surface area contributed by atoms with Crippen molar-refractivity contribution in [1.82, 2.24) is 10.2 Å². The zero-order chi connectivity index (χ0) is 14.6. The van der Waals surface area contributed by atoms with Crippen LogP contribution in [0.3, 0.4) is 0 Å². The molecule has 0 amide bonds. The number of nitrogens with one attached hydrogen (secondary N) is 1. The maximum atomic E-state index is 13.5. The highest BCUT2D eigenvalue weighted by Gasteiger charge is 2.40. The Morgan fingerprint density at radius 1 is 1.25 bits per heavy atom. The van der Waals surface area contributed by atoms with Gasteiger partial charge in [-0.3, -0.25) is 0 Å². The van der Waals surface area contributed by atoms with Gasteiger partial charge in [0.2, 0.25) is 0 Å². The van der Waals surface area contributed by atoms with Crippen LogP contribution in [0.2, 0.25) is 0 Å². The Labute approximate surface area is 115 Å². The van der Waals surface area contributed by atoms with Crippen molar-refractivity contribution in [2.24, 2.45) is 5.92 Å². The molecule has 0 aliphatic carbocycles. The summed E-state index contributed by atoms with van der Waals surface area (Å²) >= 11 is 0. The topological polar surface area (TPSA) is 15.3 Å². The number of hydrogen-bond donors (Lipinski definition) is 1. The maximum absolute atomic E-state index is 13.5.